The van der Waals surface area contributed by atoms with Gasteiger partial charge in [-0.1, -0.05) is 0 Å². The van der Waals surface area contributed by atoms with Gasteiger partial charge >= 0.3 is 0 Å². The Bertz CT molecular complexity index is 172. The topological polar surface area (TPSA) is 63.8 Å². The van der Waals surface area contributed by atoms with E-state index in [0.29, 0.717) is 13.0 Å². The predicted octanol–water partition coefficient (Wildman–Crippen LogP) is -0.556. The summed E-state index contributed by atoms with van der Waals surface area (Å²) in [6.07, 6.45) is 1.93. The lowest BCUT2D eigenvalue weighted by Crippen LogP contribution is -2.07. The standard InChI is InChI=1S/C5H10N4O/c1-5(10)2-3-9-4-6-7-8-9/h4-5,10H,2-3H2,1H3/t5-/m1/s1. The van der Waals surface area contributed by atoms with Crippen LogP contribution in [0.5, 0.6) is 0 Å². The average Bonchev–Trinajstić information content (AvgIpc) is 2.34. The van der Waals surface area contributed by atoms with Crippen molar-refractivity contribution in [2.45, 2.75) is 26.0 Å². The van der Waals surface area contributed by atoms with Crippen molar-refractivity contribution in [1.29, 1.82) is 0 Å². The van der Waals surface area contributed by atoms with Crippen LogP contribution in [0.4, 0.5) is 0 Å². The Morgan fingerprint density at radius 2 is 2.50 bits per heavy atom. The second-order valence-electron chi connectivity index (χ2n) is 2.21. The van der Waals surface area contributed by atoms with Crippen LogP contribution in [0.3, 0.4) is 0 Å². The molecular formula is C5H10N4O. The first-order valence-corrected chi connectivity index (χ1v) is 3.18. The molecule has 0 fully saturated rings. The first kappa shape index (κ1) is 7.14. The number of hydrogen-bond donors (Lipinski definition) is 1. The minimum Gasteiger partial charge on any atom is -0.393 e. The number of aliphatic hydroxyl groups is 1. The average molecular weight is 142 g/mol. The number of aliphatic hydroxyl groups excluding tert-OH is 1. The van der Waals surface area contributed by atoms with Gasteiger partial charge in [-0.2, -0.15) is 0 Å². The molecule has 0 spiro atoms. The van der Waals surface area contributed by atoms with Crippen LogP contribution in [0.15, 0.2) is 6.33 Å². The molecular weight excluding hydrogens is 132 g/mol. The van der Waals surface area contributed by atoms with E-state index in [0.717, 1.165) is 0 Å². The second-order valence-corrected chi connectivity index (χ2v) is 2.21. The molecule has 0 amide bonds. The van der Waals surface area contributed by atoms with Crippen LogP contribution in [-0.4, -0.2) is 31.4 Å². The summed E-state index contributed by atoms with van der Waals surface area (Å²) in [5.41, 5.74) is 0. The summed E-state index contributed by atoms with van der Waals surface area (Å²) in [5, 5.41) is 19.4. The van der Waals surface area contributed by atoms with Crippen molar-refractivity contribution in [2.75, 3.05) is 0 Å². The molecule has 5 heteroatoms. The van der Waals surface area contributed by atoms with E-state index < -0.39 is 0 Å². The second kappa shape index (κ2) is 3.26. The van der Waals surface area contributed by atoms with Crippen molar-refractivity contribution in [3.05, 3.63) is 6.33 Å². The van der Waals surface area contributed by atoms with Crippen molar-refractivity contribution in [3.63, 3.8) is 0 Å². The lowest BCUT2D eigenvalue weighted by atomic mass is 10.3. The van der Waals surface area contributed by atoms with Crippen LogP contribution in [0, 0.1) is 0 Å². The molecule has 0 saturated carbocycles. The van der Waals surface area contributed by atoms with E-state index in [9.17, 15) is 0 Å². The maximum atomic E-state index is 8.87. The Morgan fingerprint density at radius 1 is 1.70 bits per heavy atom. The Labute approximate surface area is 58.7 Å². The SMILES string of the molecule is C[C@@H](O)CCn1cnnn1. The summed E-state index contributed by atoms with van der Waals surface area (Å²) in [6, 6.07) is 0. The third-order valence-electron chi connectivity index (χ3n) is 1.17. The van der Waals surface area contributed by atoms with E-state index in [4.69, 9.17) is 5.11 Å². The number of aryl methyl sites for hydroxylation is 1. The molecule has 0 bridgehead atoms. The fraction of sp³-hybridized carbons (Fsp3) is 0.800. The van der Waals surface area contributed by atoms with Crippen LogP contribution in [0.2, 0.25) is 0 Å². The molecule has 1 rings (SSSR count). The van der Waals surface area contributed by atoms with Gasteiger partial charge in [0.15, 0.2) is 0 Å². The summed E-state index contributed by atoms with van der Waals surface area (Å²) in [7, 11) is 0. The number of nitrogens with zero attached hydrogens (tertiary/aromatic N) is 4. The van der Waals surface area contributed by atoms with Crippen molar-refractivity contribution in [3.8, 4) is 0 Å². The van der Waals surface area contributed by atoms with E-state index in [2.05, 4.69) is 15.5 Å². The van der Waals surface area contributed by atoms with Crippen molar-refractivity contribution < 1.29 is 5.11 Å². The van der Waals surface area contributed by atoms with Gasteiger partial charge in [-0.3, -0.25) is 0 Å². The molecule has 0 aliphatic carbocycles. The molecule has 1 aromatic rings. The Morgan fingerprint density at radius 3 is 3.00 bits per heavy atom. The molecule has 0 aliphatic heterocycles. The van der Waals surface area contributed by atoms with Crippen LogP contribution in [0.25, 0.3) is 0 Å². The van der Waals surface area contributed by atoms with Crippen molar-refractivity contribution in [2.24, 2.45) is 0 Å². The molecule has 0 aromatic carbocycles. The number of tetrazole rings is 1. The van der Waals surface area contributed by atoms with Crippen molar-refractivity contribution in [1.82, 2.24) is 20.2 Å². The van der Waals surface area contributed by atoms with Gasteiger partial charge in [0.1, 0.15) is 6.33 Å². The summed E-state index contributed by atoms with van der Waals surface area (Å²) in [6.45, 7) is 2.41. The van der Waals surface area contributed by atoms with E-state index in [1.165, 1.54) is 6.33 Å². The van der Waals surface area contributed by atoms with Crippen LogP contribution >= 0.6 is 0 Å². The van der Waals surface area contributed by atoms with Gasteiger partial charge in [0.2, 0.25) is 0 Å². The molecule has 5 nitrogen and oxygen atoms in total. The third-order valence-corrected chi connectivity index (χ3v) is 1.17. The lowest BCUT2D eigenvalue weighted by molar-refractivity contribution is 0.176. The van der Waals surface area contributed by atoms with E-state index in [1.807, 2.05) is 0 Å². The first-order chi connectivity index (χ1) is 4.79. The fourth-order valence-corrected chi connectivity index (χ4v) is 0.602. The van der Waals surface area contributed by atoms with Crippen LogP contribution in [-0.2, 0) is 6.54 Å². The van der Waals surface area contributed by atoms with E-state index >= 15 is 0 Å². The summed E-state index contributed by atoms with van der Waals surface area (Å²) >= 11 is 0. The van der Waals surface area contributed by atoms with Gasteiger partial charge in [0.05, 0.1) is 6.10 Å². The molecule has 1 N–H and O–H groups in total. The van der Waals surface area contributed by atoms with E-state index in [-0.39, 0.29) is 6.10 Å². The van der Waals surface area contributed by atoms with Gasteiger partial charge in [0.25, 0.3) is 0 Å². The molecule has 0 aliphatic rings. The monoisotopic (exact) mass is 142 g/mol. The van der Waals surface area contributed by atoms with Gasteiger partial charge in [0, 0.05) is 6.54 Å². The zero-order valence-corrected chi connectivity index (χ0v) is 5.80. The summed E-state index contributed by atoms with van der Waals surface area (Å²) in [5.74, 6) is 0. The Kier molecular flexibility index (Phi) is 2.33. The smallest absolute Gasteiger partial charge is 0.138 e. The molecule has 0 saturated heterocycles. The Hall–Kier alpha value is -0.970. The Balaban J connectivity index is 2.28. The number of hydrogen-bond acceptors (Lipinski definition) is 4. The molecule has 56 valence electrons. The zero-order valence-electron chi connectivity index (χ0n) is 5.80. The molecule has 1 heterocycles. The molecule has 1 atom stereocenters. The summed E-state index contributed by atoms with van der Waals surface area (Å²) in [4.78, 5) is 0. The largest absolute Gasteiger partial charge is 0.393 e. The van der Waals surface area contributed by atoms with Gasteiger partial charge in [-0.25, -0.2) is 4.68 Å². The minimum absolute atomic E-state index is 0.288. The predicted molar refractivity (Wildman–Crippen MR) is 34.1 cm³/mol. The third kappa shape index (κ3) is 2.10. The first-order valence-electron chi connectivity index (χ1n) is 3.18. The lowest BCUT2D eigenvalue weighted by Gasteiger charge is -2.00. The molecule has 1 aromatic heterocycles. The van der Waals surface area contributed by atoms with Crippen LogP contribution in [0.1, 0.15) is 13.3 Å². The minimum atomic E-state index is -0.288. The number of rotatable bonds is 3. The molecule has 0 unspecified atom stereocenters. The fourth-order valence-electron chi connectivity index (χ4n) is 0.602. The zero-order chi connectivity index (χ0) is 7.40. The molecule has 0 radical (unpaired) electrons. The number of aromatic nitrogens is 4. The highest BCUT2D eigenvalue weighted by molar-refractivity contribution is 4.50. The van der Waals surface area contributed by atoms with Gasteiger partial charge in [-0.05, 0) is 23.8 Å². The summed E-state index contributed by atoms with van der Waals surface area (Å²) < 4.78 is 1.59. The highest BCUT2D eigenvalue weighted by Crippen LogP contribution is 1.91. The highest BCUT2D eigenvalue weighted by Gasteiger charge is 1.96. The van der Waals surface area contributed by atoms with E-state index in [1.54, 1.807) is 11.6 Å². The van der Waals surface area contributed by atoms with Gasteiger partial charge in [-0.15, -0.1) is 5.10 Å². The normalized spacial score (nSPS) is 13.4. The maximum Gasteiger partial charge on any atom is 0.138 e. The highest BCUT2D eigenvalue weighted by atomic mass is 16.3. The quantitative estimate of drug-likeness (QED) is 0.614. The van der Waals surface area contributed by atoms with Crippen LogP contribution < -0.4 is 0 Å². The maximum absolute atomic E-state index is 8.87. The van der Waals surface area contributed by atoms with Crippen molar-refractivity contribution >= 4 is 0 Å². The molecule has 10 heavy (non-hydrogen) atoms. The van der Waals surface area contributed by atoms with Gasteiger partial charge < -0.3 is 5.11 Å².